The van der Waals surface area contributed by atoms with Crippen LogP contribution < -0.4 is 5.32 Å². The van der Waals surface area contributed by atoms with Crippen molar-refractivity contribution in [3.8, 4) is 0 Å². The van der Waals surface area contributed by atoms with Crippen LogP contribution in [-0.2, 0) is 0 Å². The van der Waals surface area contributed by atoms with Crippen LogP contribution in [0.2, 0.25) is 0 Å². The summed E-state index contributed by atoms with van der Waals surface area (Å²) in [6.07, 6.45) is 0.932. The molecule has 0 aliphatic rings. The van der Waals surface area contributed by atoms with Crippen molar-refractivity contribution in [2.75, 3.05) is 6.54 Å². The Morgan fingerprint density at radius 3 is 2.67 bits per heavy atom. The van der Waals surface area contributed by atoms with E-state index >= 15 is 0 Å². The third-order valence-corrected chi connectivity index (χ3v) is 2.83. The van der Waals surface area contributed by atoms with E-state index in [1.165, 1.54) is 12.1 Å². The van der Waals surface area contributed by atoms with Gasteiger partial charge in [-0.05, 0) is 48.0 Å². The molecule has 1 unspecified atom stereocenters. The van der Waals surface area contributed by atoms with E-state index in [-0.39, 0.29) is 11.6 Å². The van der Waals surface area contributed by atoms with Gasteiger partial charge in [0, 0.05) is 11.6 Å². The predicted octanol–water partition coefficient (Wildman–Crippen LogP) is 3.79. The van der Waals surface area contributed by atoms with Crippen molar-refractivity contribution in [1.29, 1.82) is 0 Å². The summed E-state index contributed by atoms with van der Waals surface area (Å²) >= 11 is 3.05. The third kappa shape index (κ3) is 2.98. The van der Waals surface area contributed by atoms with E-state index in [2.05, 4.69) is 21.2 Å². The van der Waals surface area contributed by atoms with Gasteiger partial charge < -0.3 is 5.32 Å². The zero-order chi connectivity index (χ0) is 11.4. The van der Waals surface area contributed by atoms with Crippen molar-refractivity contribution >= 4 is 15.9 Å². The lowest BCUT2D eigenvalue weighted by atomic mass is 10.1. The van der Waals surface area contributed by atoms with Crippen LogP contribution in [-0.4, -0.2) is 6.54 Å². The molecule has 0 aliphatic carbocycles. The topological polar surface area (TPSA) is 12.0 Å². The third-order valence-electron chi connectivity index (χ3n) is 2.21. The normalized spacial score (nSPS) is 12.9. The van der Waals surface area contributed by atoms with Crippen LogP contribution in [0, 0.1) is 11.6 Å². The van der Waals surface area contributed by atoms with Gasteiger partial charge in [-0.25, -0.2) is 8.78 Å². The molecule has 0 heterocycles. The van der Waals surface area contributed by atoms with Crippen LogP contribution in [0.15, 0.2) is 16.6 Å². The Balaban J connectivity index is 2.96. The Hall–Kier alpha value is -0.480. The molecule has 0 aromatic heterocycles. The van der Waals surface area contributed by atoms with Gasteiger partial charge in [0.05, 0.1) is 4.47 Å². The fourth-order valence-corrected chi connectivity index (χ4v) is 1.75. The van der Waals surface area contributed by atoms with Gasteiger partial charge in [0.15, 0.2) is 0 Å². The summed E-state index contributed by atoms with van der Waals surface area (Å²) < 4.78 is 27.3. The number of rotatable bonds is 4. The molecular formula is C11H14BrF2N. The first-order chi connectivity index (χ1) is 7.07. The van der Waals surface area contributed by atoms with Gasteiger partial charge in [-0.3, -0.25) is 0 Å². The largest absolute Gasteiger partial charge is 0.310 e. The first-order valence-electron chi connectivity index (χ1n) is 4.94. The van der Waals surface area contributed by atoms with Crippen molar-refractivity contribution in [3.63, 3.8) is 0 Å². The Labute approximate surface area is 97.0 Å². The van der Waals surface area contributed by atoms with Gasteiger partial charge in [-0.1, -0.05) is 6.92 Å². The lowest BCUT2D eigenvalue weighted by Crippen LogP contribution is -2.21. The molecule has 15 heavy (non-hydrogen) atoms. The van der Waals surface area contributed by atoms with Crippen LogP contribution >= 0.6 is 15.9 Å². The molecule has 0 aliphatic heterocycles. The van der Waals surface area contributed by atoms with Crippen molar-refractivity contribution in [1.82, 2.24) is 5.32 Å². The highest BCUT2D eigenvalue weighted by Gasteiger charge is 2.17. The molecule has 1 aromatic rings. The second-order valence-corrected chi connectivity index (χ2v) is 4.29. The average Bonchev–Trinajstić information content (AvgIpc) is 2.21. The summed E-state index contributed by atoms with van der Waals surface area (Å²) in [5.74, 6) is -1.03. The Morgan fingerprint density at radius 2 is 2.07 bits per heavy atom. The summed E-state index contributed by atoms with van der Waals surface area (Å²) in [5.41, 5.74) is 0.0952. The molecule has 1 nitrogen and oxygen atoms in total. The van der Waals surface area contributed by atoms with Gasteiger partial charge in [0.2, 0.25) is 0 Å². The van der Waals surface area contributed by atoms with E-state index in [4.69, 9.17) is 0 Å². The van der Waals surface area contributed by atoms with E-state index in [1.54, 1.807) is 6.92 Å². The first kappa shape index (κ1) is 12.6. The summed E-state index contributed by atoms with van der Waals surface area (Å²) in [6, 6.07) is 2.33. The lowest BCUT2D eigenvalue weighted by molar-refractivity contribution is 0.485. The molecule has 1 N–H and O–H groups in total. The lowest BCUT2D eigenvalue weighted by Gasteiger charge is -2.15. The Kier molecular flexibility index (Phi) is 4.67. The first-order valence-corrected chi connectivity index (χ1v) is 5.74. The summed E-state index contributed by atoms with van der Waals surface area (Å²) in [6.45, 7) is 4.50. The average molecular weight is 278 g/mol. The van der Waals surface area contributed by atoms with Gasteiger partial charge in [0.1, 0.15) is 11.6 Å². The SMILES string of the molecule is CCCNC(C)c1c(F)ccc(Br)c1F. The Morgan fingerprint density at radius 1 is 1.40 bits per heavy atom. The van der Waals surface area contributed by atoms with Crippen molar-refractivity contribution in [2.45, 2.75) is 26.3 Å². The molecule has 0 radical (unpaired) electrons. The van der Waals surface area contributed by atoms with Crippen LogP contribution in [0.5, 0.6) is 0 Å². The van der Waals surface area contributed by atoms with Crippen LogP contribution in [0.1, 0.15) is 31.9 Å². The highest BCUT2D eigenvalue weighted by Crippen LogP contribution is 2.26. The van der Waals surface area contributed by atoms with Crippen molar-refractivity contribution in [2.24, 2.45) is 0 Å². The number of hydrogen-bond acceptors (Lipinski definition) is 1. The van der Waals surface area contributed by atoms with Gasteiger partial charge in [-0.15, -0.1) is 0 Å². The molecule has 0 bridgehead atoms. The molecule has 1 atom stereocenters. The molecule has 1 rings (SSSR count). The summed E-state index contributed by atoms with van der Waals surface area (Å²) in [7, 11) is 0. The van der Waals surface area contributed by atoms with Gasteiger partial charge >= 0.3 is 0 Å². The number of nitrogens with one attached hydrogen (secondary N) is 1. The van der Waals surface area contributed by atoms with Gasteiger partial charge in [0.25, 0.3) is 0 Å². The zero-order valence-electron chi connectivity index (χ0n) is 8.78. The molecule has 4 heteroatoms. The molecule has 0 fully saturated rings. The maximum Gasteiger partial charge on any atom is 0.145 e. The minimum absolute atomic E-state index is 0.0952. The molecule has 84 valence electrons. The minimum Gasteiger partial charge on any atom is -0.310 e. The summed E-state index contributed by atoms with van der Waals surface area (Å²) in [4.78, 5) is 0. The quantitative estimate of drug-likeness (QED) is 0.826. The van der Waals surface area contributed by atoms with E-state index in [1.807, 2.05) is 6.92 Å². The van der Waals surface area contributed by atoms with E-state index in [0.29, 0.717) is 4.47 Å². The van der Waals surface area contributed by atoms with E-state index < -0.39 is 11.6 Å². The maximum atomic E-state index is 13.6. The molecule has 0 saturated heterocycles. The van der Waals surface area contributed by atoms with E-state index in [9.17, 15) is 8.78 Å². The molecule has 0 amide bonds. The van der Waals surface area contributed by atoms with Crippen LogP contribution in [0.25, 0.3) is 0 Å². The number of hydrogen-bond donors (Lipinski definition) is 1. The summed E-state index contributed by atoms with van der Waals surface area (Å²) in [5, 5.41) is 3.06. The van der Waals surface area contributed by atoms with E-state index in [0.717, 1.165) is 13.0 Å². The smallest absolute Gasteiger partial charge is 0.145 e. The van der Waals surface area contributed by atoms with Crippen molar-refractivity contribution in [3.05, 3.63) is 33.8 Å². The minimum atomic E-state index is -0.522. The van der Waals surface area contributed by atoms with Crippen molar-refractivity contribution < 1.29 is 8.78 Å². The van der Waals surface area contributed by atoms with Crippen LogP contribution in [0.4, 0.5) is 8.78 Å². The predicted molar refractivity (Wildman–Crippen MR) is 60.8 cm³/mol. The fourth-order valence-electron chi connectivity index (χ4n) is 1.40. The highest BCUT2D eigenvalue weighted by molar-refractivity contribution is 9.10. The highest BCUT2D eigenvalue weighted by atomic mass is 79.9. The van der Waals surface area contributed by atoms with Crippen LogP contribution in [0.3, 0.4) is 0 Å². The second-order valence-electron chi connectivity index (χ2n) is 3.43. The molecule has 0 spiro atoms. The Bertz CT molecular complexity index is 342. The number of halogens is 3. The maximum absolute atomic E-state index is 13.6. The zero-order valence-corrected chi connectivity index (χ0v) is 10.4. The molecular weight excluding hydrogens is 264 g/mol. The molecule has 0 saturated carbocycles. The van der Waals surface area contributed by atoms with Gasteiger partial charge in [-0.2, -0.15) is 0 Å². The standard InChI is InChI=1S/C11H14BrF2N/c1-3-6-15-7(2)10-9(13)5-4-8(12)11(10)14/h4-5,7,15H,3,6H2,1-2H3. The number of benzene rings is 1. The molecule has 1 aromatic carbocycles. The fraction of sp³-hybridized carbons (Fsp3) is 0.455. The second kappa shape index (κ2) is 5.56. The monoisotopic (exact) mass is 277 g/mol.